The van der Waals surface area contributed by atoms with Gasteiger partial charge >= 0.3 is 0 Å². The molecule has 0 saturated carbocycles. The number of hydrogen-bond acceptors (Lipinski definition) is 2. The number of halogens is 1. The zero-order valence-corrected chi connectivity index (χ0v) is 13.3. The molecule has 0 radical (unpaired) electrons. The number of hydrogen-bond donors (Lipinski definition) is 1. The van der Waals surface area contributed by atoms with Crippen molar-refractivity contribution in [2.24, 2.45) is 5.92 Å². The van der Waals surface area contributed by atoms with Crippen molar-refractivity contribution in [3.8, 4) is 0 Å². The molecule has 0 aliphatic rings. The van der Waals surface area contributed by atoms with Crippen LogP contribution in [-0.4, -0.2) is 22.4 Å². The Labute approximate surface area is 113 Å². The van der Waals surface area contributed by atoms with E-state index >= 15 is 0 Å². The van der Waals surface area contributed by atoms with E-state index in [0.717, 1.165) is 16.7 Å². The second-order valence-corrected chi connectivity index (χ2v) is 6.00. The molecular formula is C13H24BrN3. The summed E-state index contributed by atoms with van der Waals surface area (Å²) < 4.78 is 3.26. The molecule has 0 aliphatic carbocycles. The fourth-order valence-electron chi connectivity index (χ4n) is 1.87. The van der Waals surface area contributed by atoms with E-state index in [1.807, 2.05) is 6.92 Å². The van der Waals surface area contributed by atoms with Gasteiger partial charge in [0.2, 0.25) is 0 Å². The molecule has 0 saturated heterocycles. The molecule has 0 spiro atoms. The maximum Gasteiger partial charge on any atom is 0.0738 e. The highest BCUT2D eigenvalue weighted by atomic mass is 79.9. The fourth-order valence-corrected chi connectivity index (χ4v) is 2.13. The first-order chi connectivity index (χ1) is 7.84. The monoisotopic (exact) mass is 301 g/mol. The first kappa shape index (κ1) is 14.7. The van der Waals surface area contributed by atoms with Crippen LogP contribution >= 0.6 is 15.9 Å². The summed E-state index contributed by atoms with van der Waals surface area (Å²) in [6.45, 7) is 14.0. The third-order valence-corrected chi connectivity index (χ3v) is 4.44. The Hall–Kier alpha value is -0.350. The first-order valence-electron chi connectivity index (χ1n) is 6.29. The van der Waals surface area contributed by atoms with Crippen LogP contribution < -0.4 is 5.32 Å². The van der Waals surface area contributed by atoms with E-state index in [9.17, 15) is 0 Å². The zero-order valence-electron chi connectivity index (χ0n) is 11.7. The molecule has 4 heteroatoms. The molecule has 1 N–H and O–H groups in total. The number of nitrogens with zero attached hydrogens (tertiary/aromatic N) is 2. The Morgan fingerprint density at radius 1 is 1.24 bits per heavy atom. The molecule has 2 atom stereocenters. The lowest BCUT2D eigenvalue weighted by Crippen LogP contribution is -2.31. The zero-order chi connectivity index (χ0) is 13.2. The molecule has 1 rings (SSSR count). The van der Waals surface area contributed by atoms with Gasteiger partial charge < -0.3 is 5.32 Å². The summed E-state index contributed by atoms with van der Waals surface area (Å²) in [6, 6.07) is 0.947. The molecule has 0 aromatic carbocycles. The molecule has 0 aliphatic heterocycles. The smallest absolute Gasteiger partial charge is 0.0738 e. The van der Waals surface area contributed by atoms with Crippen molar-refractivity contribution < 1.29 is 0 Å². The predicted molar refractivity (Wildman–Crippen MR) is 76.4 cm³/mol. The topological polar surface area (TPSA) is 29.9 Å². The lowest BCUT2D eigenvalue weighted by molar-refractivity contribution is 0.324. The molecule has 98 valence electrons. The summed E-state index contributed by atoms with van der Waals surface area (Å²) in [5, 5.41) is 8.08. The molecule has 2 unspecified atom stereocenters. The van der Waals surface area contributed by atoms with E-state index in [-0.39, 0.29) is 0 Å². The van der Waals surface area contributed by atoms with Gasteiger partial charge in [-0.1, -0.05) is 20.8 Å². The lowest BCUT2D eigenvalue weighted by atomic mass is 10.0. The van der Waals surface area contributed by atoms with Crippen molar-refractivity contribution in [2.75, 3.05) is 6.54 Å². The van der Waals surface area contributed by atoms with Crippen LogP contribution in [0.3, 0.4) is 0 Å². The molecule has 1 heterocycles. The highest BCUT2D eigenvalue weighted by Crippen LogP contribution is 2.25. The highest BCUT2D eigenvalue weighted by Gasteiger charge is 2.19. The van der Waals surface area contributed by atoms with Crippen molar-refractivity contribution >= 4 is 15.9 Å². The van der Waals surface area contributed by atoms with Gasteiger partial charge in [0, 0.05) is 6.04 Å². The SMILES string of the molecule is Cc1nn(C(C)C(C)CNC(C)C)c(C)c1Br. The number of nitrogens with one attached hydrogen (secondary N) is 1. The fraction of sp³-hybridized carbons (Fsp3) is 0.769. The van der Waals surface area contributed by atoms with Gasteiger partial charge in [-0.15, -0.1) is 0 Å². The Balaban J connectivity index is 2.74. The van der Waals surface area contributed by atoms with Gasteiger partial charge in [0.15, 0.2) is 0 Å². The van der Waals surface area contributed by atoms with E-state index in [4.69, 9.17) is 0 Å². The normalized spacial score (nSPS) is 15.3. The lowest BCUT2D eigenvalue weighted by Gasteiger charge is -2.23. The molecule has 0 bridgehead atoms. The van der Waals surface area contributed by atoms with Crippen LogP contribution in [0.2, 0.25) is 0 Å². The summed E-state index contributed by atoms with van der Waals surface area (Å²) in [6.07, 6.45) is 0. The average Bonchev–Trinajstić information content (AvgIpc) is 2.52. The summed E-state index contributed by atoms with van der Waals surface area (Å²) in [4.78, 5) is 0. The minimum absolute atomic E-state index is 0.409. The molecule has 0 amide bonds. The Morgan fingerprint density at radius 2 is 1.82 bits per heavy atom. The van der Waals surface area contributed by atoms with Gasteiger partial charge in [-0.05, 0) is 49.2 Å². The van der Waals surface area contributed by atoms with Crippen molar-refractivity contribution in [2.45, 2.75) is 53.6 Å². The summed E-state index contributed by atoms with van der Waals surface area (Å²) >= 11 is 3.58. The largest absolute Gasteiger partial charge is 0.314 e. The Kier molecular flexibility index (Phi) is 5.20. The third-order valence-electron chi connectivity index (χ3n) is 3.29. The van der Waals surface area contributed by atoms with E-state index < -0.39 is 0 Å². The van der Waals surface area contributed by atoms with E-state index in [1.165, 1.54) is 5.69 Å². The maximum atomic E-state index is 4.60. The van der Waals surface area contributed by atoms with E-state index in [2.05, 4.69) is 65.6 Å². The van der Waals surface area contributed by atoms with E-state index in [0.29, 0.717) is 18.0 Å². The molecule has 3 nitrogen and oxygen atoms in total. The van der Waals surface area contributed by atoms with Crippen LogP contribution in [0.15, 0.2) is 4.47 Å². The second kappa shape index (κ2) is 6.01. The highest BCUT2D eigenvalue weighted by molar-refractivity contribution is 9.10. The van der Waals surface area contributed by atoms with E-state index in [1.54, 1.807) is 0 Å². The predicted octanol–water partition coefficient (Wildman–Crippen LogP) is 3.46. The van der Waals surface area contributed by atoms with Crippen molar-refractivity contribution in [3.05, 3.63) is 15.9 Å². The molecule has 17 heavy (non-hydrogen) atoms. The Bertz CT molecular complexity index is 371. The van der Waals surface area contributed by atoms with Crippen molar-refractivity contribution in [3.63, 3.8) is 0 Å². The second-order valence-electron chi connectivity index (χ2n) is 5.21. The maximum absolute atomic E-state index is 4.60. The van der Waals surface area contributed by atoms with Gasteiger partial charge in [0.1, 0.15) is 0 Å². The van der Waals surface area contributed by atoms with Crippen LogP contribution in [0.4, 0.5) is 0 Å². The quantitative estimate of drug-likeness (QED) is 0.902. The standard InChI is InChI=1S/C13H24BrN3/c1-8(2)15-7-9(3)11(5)17-12(6)13(14)10(4)16-17/h8-9,11,15H,7H2,1-6H3. The van der Waals surface area contributed by atoms with Crippen LogP contribution in [0.5, 0.6) is 0 Å². The summed E-state index contributed by atoms with van der Waals surface area (Å²) in [7, 11) is 0. The minimum atomic E-state index is 0.409. The van der Waals surface area contributed by atoms with Crippen LogP contribution in [0, 0.1) is 19.8 Å². The number of aryl methyl sites for hydroxylation is 1. The van der Waals surface area contributed by atoms with Crippen LogP contribution in [0.1, 0.15) is 45.1 Å². The molecular weight excluding hydrogens is 278 g/mol. The average molecular weight is 302 g/mol. The van der Waals surface area contributed by atoms with Crippen LogP contribution in [0.25, 0.3) is 0 Å². The molecule has 0 fully saturated rings. The van der Waals surface area contributed by atoms with Gasteiger partial charge in [0.05, 0.1) is 21.9 Å². The minimum Gasteiger partial charge on any atom is -0.314 e. The number of rotatable bonds is 5. The molecule has 1 aromatic heterocycles. The van der Waals surface area contributed by atoms with Gasteiger partial charge in [-0.25, -0.2) is 0 Å². The third kappa shape index (κ3) is 3.55. The van der Waals surface area contributed by atoms with Gasteiger partial charge in [-0.3, -0.25) is 4.68 Å². The van der Waals surface area contributed by atoms with Gasteiger partial charge in [0.25, 0.3) is 0 Å². The van der Waals surface area contributed by atoms with Crippen LogP contribution in [-0.2, 0) is 0 Å². The van der Waals surface area contributed by atoms with Gasteiger partial charge in [-0.2, -0.15) is 5.10 Å². The Morgan fingerprint density at radius 3 is 2.24 bits per heavy atom. The number of aromatic nitrogens is 2. The van der Waals surface area contributed by atoms with Crippen molar-refractivity contribution in [1.29, 1.82) is 0 Å². The first-order valence-corrected chi connectivity index (χ1v) is 7.08. The molecule has 1 aromatic rings. The summed E-state index contributed by atoms with van der Waals surface area (Å²) in [5.74, 6) is 0.558. The van der Waals surface area contributed by atoms with Crippen molar-refractivity contribution in [1.82, 2.24) is 15.1 Å². The summed E-state index contributed by atoms with van der Waals surface area (Å²) in [5.41, 5.74) is 2.28.